The van der Waals surface area contributed by atoms with Crippen molar-refractivity contribution in [3.63, 3.8) is 0 Å². The van der Waals surface area contributed by atoms with Crippen LogP contribution < -0.4 is 0 Å². The molecule has 4 N–H and O–H groups in total. The third kappa shape index (κ3) is 4.74. The molecule has 0 aliphatic carbocycles. The van der Waals surface area contributed by atoms with Gasteiger partial charge in [-0.15, -0.1) is 0 Å². The molecule has 0 amide bonds. The molecule has 0 radical (unpaired) electrons. The van der Waals surface area contributed by atoms with Crippen LogP contribution in [0.2, 0.25) is 0 Å². The first-order valence-corrected chi connectivity index (χ1v) is 12.9. The van der Waals surface area contributed by atoms with Crippen LogP contribution in [0.25, 0.3) is 54.6 Å². The fourth-order valence-electron chi connectivity index (χ4n) is 4.75. The minimum Gasteiger partial charge on any atom is -0.507 e. The number of aromatic hydroxyl groups is 1. The lowest BCUT2D eigenvalue weighted by Gasteiger charge is -2.18. The third-order valence-corrected chi connectivity index (χ3v) is 6.17. The molecule has 0 bridgehead atoms. The predicted octanol–water partition coefficient (Wildman–Crippen LogP) is 7.26. The molecule has 5 nitrogen and oxygen atoms in total. The van der Waals surface area contributed by atoms with E-state index < -0.39 is 7.82 Å². The normalized spacial score (nSPS) is 11.4. The SMILES string of the molecule is O=P(O)(O)O.Oc1ccc2ccccc2c1-c1c(-c2cccc3ccccc23)ccc2ccccc12. The quantitative estimate of drug-likeness (QED) is 0.190. The largest absolute Gasteiger partial charge is 0.507 e. The van der Waals surface area contributed by atoms with Gasteiger partial charge in [0.15, 0.2) is 0 Å². The lowest BCUT2D eigenvalue weighted by molar-refractivity contribution is 0.275. The molecule has 0 aliphatic rings. The predicted molar refractivity (Wildman–Crippen MR) is 146 cm³/mol. The first kappa shape index (κ1) is 23.7. The fraction of sp³-hybridized carbons (Fsp3) is 0. The maximum absolute atomic E-state index is 11.1. The minimum absolute atomic E-state index is 0.302. The van der Waals surface area contributed by atoms with Gasteiger partial charge in [0.05, 0.1) is 0 Å². The Morgan fingerprint density at radius 3 is 1.50 bits per heavy atom. The summed E-state index contributed by atoms with van der Waals surface area (Å²) in [7, 11) is -4.64. The van der Waals surface area contributed by atoms with Crippen molar-refractivity contribution in [3.05, 3.63) is 115 Å². The average Bonchev–Trinajstić information content (AvgIpc) is 2.87. The Balaban J connectivity index is 0.000000489. The number of hydrogen-bond acceptors (Lipinski definition) is 2. The van der Waals surface area contributed by atoms with Gasteiger partial charge in [0.1, 0.15) is 5.75 Å². The molecule has 0 saturated carbocycles. The van der Waals surface area contributed by atoms with E-state index in [1.54, 1.807) is 0 Å². The van der Waals surface area contributed by atoms with Gasteiger partial charge in [-0.3, -0.25) is 0 Å². The molecule has 0 aliphatic heterocycles. The number of benzene rings is 6. The highest BCUT2D eigenvalue weighted by Gasteiger charge is 2.18. The molecular weight excluding hydrogens is 471 g/mol. The number of phenols is 1. The Labute approximate surface area is 207 Å². The third-order valence-electron chi connectivity index (χ3n) is 6.17. The van der Waals surface area contributed by atoms with Crippen LogP contribution in [0, 0.1) is 0 Å². The first-order chi connectivity index (χ1) is 17.3. The molecule has 0 spiro atoms. The van der Waals surface area contributed by atoms with Crippen molar-refractivity contribution in [2.75, 3.05) is 0 Å². The van der Waals surface area contributed by atoms with Crippen LogP contribution in [0.1, 0.15) is 0 Å². The van der Waals surface area contributed by atoms with Crippen LogP contribution >= 0.6 is 7.82 Å². The fourth-order valence-corrected chi connectivity index (χ4v) is 4.75. The summed E-state index contributed by atoms with van der Waals surface area (Å²) >= 11 is 0. The van der Waals surface area contributed by atoms with Gasteiger partial charge in [-0.25, -0.2) is 4.57 Å². The summed E-state index contributed by atoms with van der Waals surface area (Å²) in [4.78, 5) is 21.6. The number of rotatable bonds is 2. The Kier molecular flexibility index (Phi) is 6.31. The maximum Gasteiger partial charge on any atom is 0.466 e. The van der Waals surface area contributed by atoms with Gasteiger partial charge in [-0.2, -0.15) is 0 Å². The van der Waals surface area contributed by atoms with Crippen LogP contribution in [0.15, 0.2) is 115 Å². The number of phenolic OH excluding ortho intramolecular Hbond substituents is 1. The van der Waals surface area contributed by atoms with E-state index in [2.05, 4.69) is 91.0 Å². The van der Waals surface area contributed by atoms with Gasteiger partial charge in [-0.1, -0.05) is 109 Å². The molecule has 6 aromatic rings. The van der Waals surface area contributed by atoms with Crippen molar-refractivity contribution in [1.82, 2.24) is 0 Å². The van der Waals surface area contributed by atoms with E-state index in [0.29, 0.717) is 5.75 Å². The summed E-state index contributed by atoms with van der Waals surface area (Å²) < 4.78 is 8.88. The van der Waals surface area contributed by atoms with Crippen LogP contribution in [0.3, 0.4) is 0 Å². The molecule has 6 rings (SSSR count). The molecule has 36 heavy (non-hydrogen) atoms. The second-order valence-corrected chi connectivity index (χ2v) is 9.46. The van der Waals surface area contributed by atoms with Crippen molar-refractivity contribution in [2.45, 2.75) is 0 Å². The van der Waals surface area contributed by atoms with Gasteiger partial charge >= 0.3 is 7.82 Å². The van der Waals surface area contributed by atoms with Crippen LogP contribution in [0.4, 0.5) is 0 Å². The van der Waals surface area contributed by atoms with E-state index in [9.17, 15) is 5.11 Å². The van der Waals surface area contributed by atoms with E-state index in [4.69, 9.17) is 19.2 Å². The Hall–Kier alpha value is -3.99. The van der Waals surface area contributed by atoms with Gasteiger partial charge in [-0.05, 0) is 49.5 Å². The zero-order chi connectivity index (χ0) is 25.3. The molecule has 178 valence electrons. The zero-order valence-electron chi connectivity index (χ0n) is 19.1. The highest BCUT2D eigenvalue weighted by atomic mass is 31.2. The highest BCUT2D eigenvalue weighted by Crippen LogP contribution is 2.46. The molecule has 0 fully saturated rings. The summed E-state index contributed by atoms with van der Waals surface area (Å²) in [5.74, 6) is 0.302. The lowest BCUT2D eigenvalue weighted by atomic mass is 9.85. The van der Waals surface area contributed by atoms with E-state index in [-0.39, 0.29) is 0 Å². The van der Waals surface area contributed by atoms with Crippen molar-refractivity contribution in [2.24, 2.45) is 0 Å². The molecule has 0 saturated heterocycles. The second kappa shape index (κ2) is 9.57. The molecular formula is C30H23O5P. The molecule has 6 heteroatoms. The highest BCUT2D eigenvalue weighted by molar-refractivity contribution is 7.45. The van der Waals surface area contributed by atoms with Crippen molar-refractivity contribution in [1.29, 1.82) is 0 Å². The minimum atomic E-state index is -4.64. The average molecular weight is 494 g/mol. The van der Waals surface area contributed by atoms with E-state index >= 15 is 0 Å². The number of fused-ring (bicyclic) bond motifs is 3. The first-order valence-electron chi connectivity index (χ1n) is 11.3. The molecule has 0 aromatic heterocycles. The van der Waals surface area contributed by atoms with E-state index in [1.165, 1.54) is 16.3 Å². The summed E-state index contributed by atoms with van der Waals surface area (Å²) in [5.41, 5.74) is 4.26. The molecule has 0 heterocycles. The summed E-state index contributed by atoms with van der Waals surface area (Å²) in [6, 6.07) is 39.8. The number of hydrogen-bond donors (Lipinski definition) is 4. The lowest BCUT2D eigenvalue weighted by Crippen LogP contribution is -1.91. The zero-order valence-corrected chi connectivity index (χ0v) is 20.0. The van der Waals surface area contributed by atoms with E-state index in [1.807, 2.05) is 24.3 Å². The molecule has 6 aromatic carbocycles. The standard InChI is InChI=1S/C30H20O.H3O4P/c31-28-19-17-22-10-3-6-14-25(22)30(28)29-24-13-5-2-9-21(24)16-18-27(29)26-15-7-11-20-8-1-4-12-23(20)26;1-5(2,3)4/h1-19,31H;(H3,1,2,3,4). The van der Waals surface area contributed by atoms with Gasteiger partial charge in [0.25, 0.3) is 0 Å². The van der Waals surface area contributed by atoms with Crippen molar-refractivity contribution in [3.8, 4) is 28.0 Å². The summed E-state index contributed by atoms with van der Waals surface area (Å²) in [5, 5.41) is 18.0. The number of phosphoric acid groups is 1. The van der Waals surface area contributed by atoms with Crippen LogP contribution in [0.5, 0.6) is 5.75 Å². The smallest absolute Gasteiger partial charge is 0.466 e. The van der Waals surface area contributed by atoms with Gasteiger partial charge < -0.3 is 19.8 Å². The maximum atomic E-state index is 11.1. The van der Waals surface area contributed by atoms with Crippen LogP contribution in [-0.4, -0.2) is 19.8 Å². The Morgan fingerprint density at radius 2 is 0.889 bits per heavy atom. The van der Waals surface area contributed by atoms with Crippen LogP contribution in [-0.2, 0) is 4.57 Å². The topological polar surface area (TPSA) is 98.0 Å². The Bertz CT molecular complexity index is 1760. The van der Waals surface area contributed by atoms with E-state index in [0.717, 1.165) is 38.2 Å². The molecule has 0 atom stereocenters. The van der Waals surface area contributed by atoms with Gasteiger partial charge in [0.2, 0.25) is 0 Å². The summed E-state index contributed by atoms with van der Waals surface area (Å²) in [6.45, 7) is 0. The van der Waals surface area contributed by atoms with Crippen molar-refractivity contribution < 1.29 is 24.4 Å². The Morgan fingerprint density at radius 1 is 0.444 bits per heavy atom. The van der Waals surface area contributed by atoms with Gasteiger partial charge in [0, 0.05) is 11.1 Å². The summed E-state index contributed by atoms with van der Waals surface area (Å²) in [6.07, 6.45) is 0. The van der Waals surface area contributed by atoms with Crippen molar-refractivity contribution >= 4 is 40.1 Å². The monoisotopic (exact) mass is 494 g/mol. The molecule has 0 unspecified atom stereocenters. The second-order valence-electron chi connectivity index (χ2n) is 8.43.